The van der Waals surface area contributed by atoms with Crippen LogP contribution in [-0.2, 0) is 28.5 Å². The van der Waals surface area contributed by atoms with Gasteiger partial charge in [0.25, 0.3) is 0 Å². The molecule has 47 heavy (non-hydrogen) atoms. The van der Waals surface area contributed by atoms with Crippen molar-refractivity contribution in [3.8, 4) is 0 Å². The van der Waals surface area contributed by atoms with Crippen molar-refractivity contribution in [2.24, 2.45) is 0 Å². The van der Waals surface area contributed by atoms with Gasteiger partial charge in [-0.3, -0.25) is 9.59 Å². The maximum Gasteiger partial charge on any atom is 0.306 e. The highest BCUT2D eigenvalue weighted by Crippen LogP contribution is 2.22. The summed E-state index contributed by atoms with van der Waals surface area (Å²) in [6, 6.07) is 0. The molecule has 4 N–H and O–H groups in total. The van der Waals surface area contributed by atoms with E-state index in [2.05, 4.69) is 26.0 Å². The average Bonchev–Trinajstić information content (AvgIpc) is 3.07. The second-order valence-electron chi connectivity index (χ2n) is 13.0. The maximum atomic E-state index is 12.6. The minimum atomic E-state index is -1.59. The fourth-order valence-corrected chi connectivity index (χ4v) is 5.59. The molecule has 0 bridgehead atoms. The molecule has 0 aromatic rings. The molecular weight excluding hydrogens is 604 g/mol. The summed E-state index contributed by atoms with van der Waals surface area (Å²) in [4.78, 5) is 25.0. The lowest BCUT2D eigenvalue weighted by Crippen LogP contribution is -2.59. The Hall–Kier alpha value is -1.56. The molecule has 2 unspecified atom stereocenters. The molecule has 0 amide bonds. The third-order valence-electron chi connectivity index (χ3n) is 8.65. The molecule has 1 aliphatic heterocycles. The van der Waals surface area contributed by atoms with Crippen LogP contribution < -0.4 is 0 Å². The fourth-order valence-electron chi connectivity index (χ4n) is 5.59. The van der Waals surface area contributed by atoms with Gasteiger partial charge in [-0.25, -0.2) is 0 Å². The van der Waals surface area contributed by atoms with Crippen molar-refractivity contribution in [3.05, 3.63) is 12.2 Å². The Morgan fingerprint density at radius 2 is 1.13 bits per heavy atom. The molecular formula is C37H68O10. The standard InChI is InChI=1S/C37H68O10/c1-3-5-7-9-11-13-14-15-16-17-18-20-22-24-26-33(40)46-30(28-44-32(39)25-23-21-19-12-10-8-6-4-2)29-45-37-36(43)35(42)34(41)31(27-38)47-37/h14-15,30-31,34-38,41-43H,3-13,16-29H2,1-2H3/b15-14+/t30-,31-,34+,35?,36?,37-/m1/s1. The molecule has 6 atom stereocenters. The lowest BCUT2D eigenvalue weighted by Gasteiger charge is -2.39. The quantitative estimate of drug-likeness (QED) is 0.0381. The van der Waals surface area contributed by atoms with Crippen LogP contribution in [-0.4, -0.2) is 89.0 Å². The summed E-state index contributed by atoms with van der Waals surface area (Å²) in [5, 5.41) is 39.8. The van der Waals surface area contributed by atoms with Gasteiger partial charge in [0.2, 0.25) is 0 Å². The van der Waals surface area contributed by atoms with E-state index in [1.165, 1.54) is 70.6 Å². The van der Waals surface area contributed by atoms with Gasteiger partial charge in [0.05, 0.1) is 13.2 Å². The number of carbonyl (C=O) groups excluding carboxylic acids is 2. The topological polar surface area (TPSA) is 152 Å². The number of ether oxygens (including phenoxy) is 4. The van der Waals surface area contributed by atoms with Crippen molar-refractivity contribution >= 4 is 11.9 Å². The van der Waals surface area contributed by atoms with E-state index in [0.717, 1.165) is 51.4 Å². The first kappa shape index (κ1) is 43.5. The fraction of sp³-hybridized carbons (Fsp3) is 0.892. The third-order valence-corrected chi connectivity index (χ3v) is 8.65. The SMILES string of the molecule is CCCCCCC/C=C/CCCCCCCC(=O)O[C@H](COC(=O)CCCCCCCCCC)CO[C@@H]1O[C@H](CO)[C@H](O)C(O)C1O. The number of aliphatic hydroxyl groups excluding tert-OH is 4. The Kier molecular flexibility index (Phi) is 27.2. The molecule has 0 saturated carbocycles. The van der Waals surface area contributed by atoms with E-state index in [4.69, 9.17) is 18.9 Å². The molecule has 1 rings (SSSR count). The zero-order valence-corrected chi connectivity index (χ0v) is 29.5. The minimum Gasteiger partial charge on any atom is -0.462 e. The predicted molar refractivity (Wildman–Crippen MR) is 183 cm³/mol. The number of aliphatic hydroxyl groups is 4. The molecule has 276 valence electrons. The highest BCUT2D eigenvalue weighted by molar-refractivity contribution is 5.70. The van der Waals surface area contributed by atoms with E-state index >= 15 is 0 Å². The Balaban J connectivity index is 2.41. The smallest absolute Gasteiger partial charge is 0.306 e. The van der Waals surface area contributed by atoms with E-state index in [0.29, 0.717) is 6.42 Å². The zero-order chi connectivity index (χ0) is 34.5. The zero-order valence-electron chi connectivity index (χ0n) is 29.5. The molecule has 1 saturated heterocycles. The van der Waals surface area contributed by atoms with Crippen molar-refractivity contribution in [2.75, 3.05) is 19.8 Å². The van der Waals surface area contributed by atoms with Crippen molar-refractivity contribution in [3.63, 3.8) is 0 Å². The second kappa shape index (κ2) is 29.4. The molecule has 1 heterocycles. The first-order valence-corrected chi connectivity index (χ1v) is 18.8. The normalized spacial score (nSPS) is 22.0. The van der Waals surface area contributed by atoms with Gasteiger partial charge in [0.15, 0.2) is 12.4 Å². The van der Waals surface area contributed by atoms with Crippen LogP contribution in [0.4, 0.5) is 0 Å². The Labute approximate surface area is 284 Å². The molecule has 10 heteroatoms. The second-order valence-corrected chi connectivity index (χ2v) is 13.0. The van der Waals surface area contributed by atoms with E-state index in [9.17, 15) is 30.0 Å². The maximum absolute atomic E-state index is 12.6. The van der Waals surface area contributed by atoms with Crippen molar-refractivity contribution in [1.82, 2.24) is 0 Å². The van der Waals surface area contributed by atoms with E-state index in [-0.39, 0.29) is 32.0 Å². The first-order chi connectivity index (χ1) is 22.8. The van der Waals surface area contributed by atoms with Crippen molar-refractivity contribution in [2.45, 2.75) is 192 Å². The van der Waals surface area contributed by atoms with Crippen LogP contribution in [0.15, 0.2) is 12.2 Å². The average molecular weight is 673 g/mol. The summed E-state index contributed by atoms with van der Waals surface area (Å²) >= 11 is 0. The van der Waals surface area contributed by atoms with Crippen LogP contribution in [0, 0.1) is 0 Å². The summed E-state index contributed by atoms with van der Waals surface area (Å²) in [7, 11) is 0. The highest BCUT2D eigenvalue weighted by Gasteiger charge is 2.44. The monoisotopic (exact) mass is 672 g/mol. The number of hydrogen-bond donors (Lipinski definition) is 4. The molecule has 0 spiro atoms. The van der Waals surface area contributed by atoms with Crippen molar-refractivity contribution < 1.29 is 49.0 Å². The van der Waals surface area contributed by atoms with Crippen LogP contribution >= 0.6 is 0 Å². The predicted octanol–water partition coefficient (Wildman–Crippen LogP) is 6.44. The summed E-state index contributed by atoms with van der Waals surface area (Å²) in [6.45, 7) is 3.35. The number of unbranched alkanes of at least 4 members (excludes halogenated alkanes) is 17. The van der Waals surface area contributed by atoms with Crippen molar-refractivity contribution in [1.29, 1.82) is 0 Å². The Bertz CT molecular complexity index is 789. The first-order valence-electron chi connectivity index (χ1n) is 18.8. The van der Waals surface area contributed by atoms with Gasteiger partial charge >= 0.3 is 11.9 Å². The van der Waals surface area contributed by atoms with E-state index in [1.807, 2.05) is 0 Å². The van der Waals surface area contributed by atoms with E-state index < -0.39 is 49.4 Å². The number of hydrogen-bond acceptors (Lipinski definition) is 10. The number of allylic oxidation sites excluding steroid dienone is 2. The summed E-state index contributed by atoms with van der Waals surface area (Å²) in [5.41, 5.74) is 0. The minimum absolute atomic E-state index is 0.217. The Morgan fingerprint density at radius 1 is 0.638 bits per heavy atom. The van der Waals surface area contributed by atoms with Gasteiger partial charge in [-0.2, -0.15) is 0 Å². The third kappa shape index (κ3) is 21.9. The molecule has 1 fully saturated rings. The summed E-state index contributed by atoms with van der Waals surface area (Å²) in [5.74, 6) is -0.819. The van der Waals surface area contributed by atoms with Crippen LogP contribution in [0.2, 0.25) is 0 Å². The molecule has 0 aromatic carbocycles. The molecule has 0 radical (unpaired) electrons. The van der Waals surface area contributed by atoms with Crippen LogP contribution in [0.25, 0.3) is 0 Å². The molecule has 10 nitrogen and oxygen atoms in total. The molecule has 1 aliphatic rings. The number of esters is 2. The molecule has 0 aromatic heterocycles. The van der Waals surface area contributed by atoms with Gasteiger partial charge < -0.3 is 39.4 Å². The van der Waals surface area contributed by atoms with Crippen LogP contribution in [0.1, 0.15) is 155 Å². The highest BCUT2D eigenvalue weighted by atomic mass is 16.7. The van der Waals surface area contributed by atoms with Crippen LogP contribution in [0.5, 0.6) is 0 Å². The lowest BCUT2D eigenvalue weighted by molar-refractivity contribution is -0.305. The van der Waals surface area contributed by atoms with Gasteiger partial charge in [0, 0.05) is 12.8 Å². The lowest BCUT2D eigenvalue weighted by atomic mass is 9.99. The number of rotatable bonds is 30. The largest absolute Gasteiger partial charge is 0.462 e. The van der Waals surface area contributed by atoms with Gasteiger partial charge in [-0.1, -0.05) is 116 Å². The molecule has 0 aliphatic carbocycles. The van der Waals surface area contributed by atoms with Gasteiger partial charge in [-0.05, 0) is 38.5 Å². The Morgan fingerprint density at radius 3 is 1.66 bits per heavy atom. The van der Waals surface area contributed by atoms with Crippen LogP contribution in [0.3, 0.4) is 0 Å². The van der Waals surface area contributed by atoms with Gasteiger partial charge in [0.1, 0.15) is 31.0 Å². The summed E-state index contributed by atoms with van der Waals surface area (Å²) in [6.07, 6.45) is 19.5. The van der Waals surface area contributed by atoms with E-state index in [1.54, 1.807) is 0 Å². The van der Waals surface area contributed by atoms with Gasteiger partial charge in [-0.15, -0.1) is 0 Å². The number of carbonyl (C=O) groups is 2. The summed E-state index contributed by atoms with van der Waals surface area (Å²) < 4.78 is 22.0.